The molecular weight excluding hydrogens is 232 g/mol. The fourth-order valence-electron chi connectivity index (χ4n) is 1.14. The Bertz CT molecular complexity index is 479. The zero-order valence-corrected chi connectivity index (χ0v) is 12.1. The van der Waals surface area contributed by atoms with Gasteiger partial charge in [-0.25, -0.2) is 0 Å². The van der Waals surface area contributed by atoms with Gasteiger partial charge in [-0.2, -0.15) is 0 Å². The second-order valence-corrected chi connectivity index (χ2v) is 3.83. The molecule has 0 aromatic heterocycles. The monoisotopic (exact) mass is 254 g/mol. The van der Waals surface area contributed by atoms with E-state index in [0.717, 1.165) is 16.8 Å². The minimum absolute atomic E-state index is 0.621. The Morgan fingerprint density at radius 3 is 2.58 bits per heavy atom. The Morgan fingerprint density at radius 2 is 2.00 bits per heavy atom. The van der Waals surface area contributed by atoms with Gasteiger partial charge in [0.2, 0.25) is 0 Å². The van der Waals surface area contributed by atoms with Gasteiger partial charge >= 0.3 is 0 Å². The van der Waals surface area contributed by atoms with Crippen LogP contribution in [0.15, 0.2) is 76.1 Å². The second-order valence-electron chi connectivity index (χ2n) is 3.83. The summed E-state index contributed by atoms with van der Waals surface area (Å²) < 4.78 is 0. The molecule has 2 heteroatoms. The average Bonchev–Trinajstić information content (AvgIpc) is 2.43. The zero-order chi connectivity index (χ0) is 14.5. The van der Waals surface area contributed by atoms with E-state index < -0.39 is 0 Å². The van der Waals surface area contributed by atoms with Gasteiger partial charge < -0.3 is 0 Å². The van der Waals surface area contributed by atoms with E-state index in [9.17, 15) is 0 Å². The maximum atomic E-state index is 4.37. The van der Waals surface area contributed by atoms with Crippen molar-refractivity contribution >= 4 is 12.4 Å². The number of allylic oxidation sites excluding steroid dienone is 6. The van der Waals surface area contributed by atoms with Crippen molar-refractivity contribution in [3.05, 3.63) is 66.1 Å². The summed E-state index contributed by atoms with van der Waals surface area (Å²) in [7, 11) is 0. The molecule has 0 aromatic carbocycles. The maximum absolute atomic E-state index is 4.37. The van der Waals surface area contributed by atoms with Gasteiger partial charge in [-0.1, -0.05) is 37.0 Å². The lowest BCUT2D eigenvalue weighted by Crippen LogP contribution is -1.86. The van der Waals surface area contributed by atoms with E-state index in [-0.39, 0.29) is 0 Å². The summed E-state index contributed by atoms with van der Waals surface area (Å²) in [5.41, 5.74) is 5.74. The molecule has 0 aliphatic rings. The van der Waals surface area contributed by atoms with E-state index in [0.29, 0.717) is 6.54 Å². The van der Waals surface area contributed by atoms with Crippen LogP contribution in [0.5, 0.6) is 0 Å². The van der Waals surface area contributed by atoms with E-state index in [2.05, 4.69) is 28.9 Å². The van der Waals surface area contributed by atoms with Crippen molar-refractivity contribution in [1.82, 2.24) is 0 Å². The first-order valence-corrected chi connectivity index (χ1v) is 6.16. The molecule has 0 amide bonds. The molecule has 0 bridgehead atoms. The second kappa shape index (κ2) is 10.9. The van der Waals surface area contributed by atoms with Crippen LogP contribution in [-0.4, -0.2) is 19.0 Å². The van der Waals surface area contributed by atoms with Crippen LogP contribution in [0.1, 0.15) is 20.8 Å². The molecule has 100 valence electrons. The van der Waals surface area contributed by atoms with Gasteiger partial charge in [-0.05, 0) is 44.7 Å². The summed E-state index contributed by atoms with van der Waals surface area (Å²) in [5.74, 6) is 0. The molecule has 0 aromatic rings. The van der Waals surface area contributed by atoms with Crippen molar-refractivity contribution in [3.63, 3.8) is 0 Å². The number of hydrogen-bond donors (Lipinski definition) is 0. The molecule has 19 heavy (non-hydrogen) atoms. The summed E-state index contributed by atoms with van der Waals surface area (Å²) in [5, 5.41) is 0. The molecule has 0 rings (SSSR count). The van der Waals surface area contributed by atoms with Crippen LogP contribution in [0.25, 0.3) is 0 Å². The van der Waals surface area contributed by atoms with E-state index in [4.69, 9.17) is 0 Å². The highest BCUT2D eigenvalue weighted by Crippen LogP contribution is 2.11. The quantitative estimate of drug-likeness (QED) is 0.364. The van der Waals surface area contributed by atoms with Crippen molar-refractivity contribution in [2.24, 2.45) is 9.98 Å². The van der Waals surface area contributed by atoms with Crippen LogP contribution in [-0.2, 0) is 0 Å². The summed E-state index contributed by atoms with van der Waals surface area (Å²) in [6.07, 6.45) is 13.0. The van der Waals surface area contributed by atoms with Gasteiger partial charge in [-0.3, -0.25) is 9.98 Å². The predicted molar refractivity (Wildman–Crippen MR) is 87.0 cm³/mol. The zero-order valence-electron chi connectivity index (χ0n) is 12.1. The Hall–Kier alpha value is -2.18. The molecule has 0 fully saturated rings. The van der Waals surface area contributed by atoms with Crippen molar-refractivity contribution in [3.8, 4) is 0 Å². The highest BCUT2D eigenvalue weighted by molar-refractivity contribution is 5.72. The van der Waals surface area contributed by atoms with Crippen molar-refractivity contribution in [2.45, 2.75) is 20.8 Å². The highest BCUT2D eigenvalue weighted by Gasteiger charge is 1.95. The van der Waals surface area contributed by atoms with E-state index in [1.165, 1.54) is 0 Å². The van der Waals surface area contributed by atoms with Gasteiger partial charge in [0.05, 0.1) is 12.2 Å². The predicted octanol–water partition coefficient (Wildman–Crippen LogP) is 4.45. The van der Waals surface area contributed by atoms with Gasteiger partial charge in [-0.15, -0.1) is 5.73 Å². The summed E-state index contributed by atoms with van der Waals surface area (Å²) in [6.45, 7) is 13.8. The molecule has 2 nitrogen and oxygen atoms in total. The van der Waals surface area contributed by atoms with Crippen LogP contribution in [0.3, 0.4) is 0 Å². The molecule has 0 radical (unpaired) electrons. The van der Waals surface area contributed by atoms with Crippen molar-refractivity contribution in [1.29, 1.82) is 0 Å². The molecule has 0 heterocycles. The molecule has 0 unspecified atom stereocenters. The highest BCUT2D eigenvalue weighted by atomic mass is 14.7. The molecule has 0 saturated carbocycles. The van der Waals surface area contributed by atoms with Gasteiger partial charge in [0.25, 0.3) is 0 Å². The molecule has 0 saturated heterocycles. The Balaban J connectivity index is 5.16. The number of aliphatic imine (C=N–C) groups is 2. The van der Waals surface area contributed by atoms with Crippen LogP contribution in [0.2, 0.25) is 0 Å². The fourth-order valence-corrected chi connectivity index (χ4v) is 1.14. The van der Waals surface area contributed by atoms with Crippen molar-refractivity contribution in [2.75, 3.05) is 6.54 Å². The first-order chi connectivity index (χ1) is 9.15. The van der Waals surface area contributed by atoms with E-state index in [1.807, 2.05) is 45.1 Å². The third-order valence-corrected chi connectivity index (χ3v) is 2.30. The van der Waals surface area contributed by atoms with Crippen molar-refractivity contribution < 1.29 is 0 Å². The third kappa shape index (κ3) is 8.53. The minimum Gasteiger partial charge on any atom is -0.294 e. The lowest BCUT2D eigenvalue weighted by atomic mass is 10.1. The average molecular weight is 254 g/mol. The molecule has 0 aliphatic heterocycles. The van der Waals surface area contributed by atoms with Gasteiger partial charge in [0, 0.05) is 6.21 Å². The van der Waals surface area contributed by atoms with Crippen LogP contribution >= 0.6 is 0 Å². The number of hydrogen-bond acceptors (Lipinski definition) is 2. The lowest BCUT2D eigenvalue weighted by Gasteiger charge is -2.00. The first-order valence-electron chi connectivity index (χ1n) is 6.16. The van der Waals surface area contributed by atoms with Crippen LogP contribution < -0.4 is 0 Å². The summed E-state index contributed by atoms with van der Waals surface area (Å²) >= 11 is 0. The Kier molecular flexibility index (Phi) is 9.69. The summed E-state index contributed by atoms with van der Waals surface area (Å²) in [6, 6.07) is 0. The number of rotatable bonds is 7. The smallest absolute Gasteiger partial charge is 0.0637 e. The Labute approximate surface area is 116 Å². The summed E-state index contributed by atoms with van der Waals surface area (Å²) in [4.78, 5) is 8.53. The third-order valence-electron chi connectivity index (χ3n) is 2.30. The Morgan fingerprint density at radius 1 is 1.26 bits per heavy atom. The van der Waals surface area contributed by atoms with E-state index >= 15 is 0 Å². The normalized spacial score (nSPS) is 13.9. The van der Waals surface area contributed by atoms with Crippen LogP contribution in [0, 0.1) is 0 Å². The maximum Gasteiger partial charge on any atom is 0.0637 e. The molecule has 0 N–H and O–H groups in total. The van der Waals surface area contributed by atoms with Crippen LogP contribution in [0.4, 0.5) is 0 Å². The molecular formula is C17H22N2. The first kappa shape index (κ1) is 16.8. The molecule has 0 aliphatic carbocycles. The lowest BCUT2D eigenvalue weighted by molar-refractivity contribution is 1.18. The topological polar surface area (TPSA) is 24.7 Å². The molecule has 0 spiro atoms. The minimum atomic E-state index is 0.621. The standard InChI is InChI=1S/C17H22N2/c1-6-9-13-19-17(12-14-18-8-3)16(5)11-10-15(4)7-2/h7-13H,1-2,14H2,3-5H3/b15-10+,16-11-,17-12-,18-8?,19-13?. The van der Waals surface area contributed by atoms with Gasteiger partial charge in [0.1, 0.15) is 0 Å². The molecule has 0 atom stereocenters. The largest absolute Gasteiger partial charge is 0.294 e. The number of nitrogens with zero attached hydrogens (tertiary/aromatic N) is 2. The SMILES string of the molecule is C=C=CC=NC(=C\CN=CC)/C(C)=C\C=C(/C)C=C. The van der Waals surface area contributed by atoms with Gasteiger partial charge in [0.15, 0.2) is 0 Å². The van der Waals surface area contributed by atoms with E-state index in [1.54, 1.807) is 18.5 Å². The fraction of sp³-hybridized carbons (Fsp3) is 0.235.